The van der Waals surface area contributed by atoms with Gasteiger partial charge in [-0.15, -0.1) is 0 Å². The number of piperidine rings is 1. The molecule has 0 bridgehead atoms. The van der Waals surface area contributed by atoms with Gasteiger partial charge in [0.2, 0.25) is 0 Å². The lowest BCUT2D eigenvalue weighted by Crippen LogP contribution is -2.30. The van der Waals surface area contributed by atoms with Gasteiger partial charge in [0.15, 0.2) is 0 Å². The summed E-state index contributed by atoms with van der Waals surface area (Å²) in [6.07, 6.45) is 24.6. The number of rotatable bonds is 18. The first-order valence-electron chi connectivity index (χ1n) is 11.7. The number of hydrogen-bond acceptors (Lipinski definition) is 2. The Labute approximate surface area is 162 Å². The summed E-state index contributed by atoms with van der Waals surface area (Å²) in [4.78, 5) is 13.1. The van der Waals surface area contributed by atoms with Gasteiger partial charge in [0.1, 0.15) is 0 Å². The molecule has 1 heterocycles. The van der Waals surface area contributed by atoms with E-state index in [9.17, 15) is 4.79 Å². The molecule has 154 valence electrons. The fraction of sp³-hybridized carbons (Fsp3) is 0.957. The summed E-state index contributed by atoms with van der Waals surface area (Å²) in [5.41, 5.74) is 0. The van der Waals surface area contributed by atoms with Gasteiger partial charge in [0.25, 0.3) is 0 Å². The second-order valence-electron chi connectivity index (χ2n) is 8.35. The summed E-state index contributed by atoms with van der Waals surface area (Å²) in [5.74, 6) is -0.651. The molecule has 0 aliphatic carbocycles. The van der Waals surface area contributed by atoms with E-state index in [1.54, 1.807) is 0 Å². The summed E-state index contributed by atoms with van der Waals surface area (Å²) in [7, 11) is 0. The SMILES string of the molecule is O=C(O)CCCCCCCCCCCCCCCCCN1CCCCC1. The minimum atomic E-state index is -0.651. The lowest BCUT2D eigenvalue weighted by atomic mass is 10.0. The van der Waals surface area contributed by atoms with Crippen molar-refractivity contribution in [1.29, 1.82) is 0 Å². The van der Waals surface area contributed by atoms with E-state index in [2.05, 4.69) is 4.90 Å². The Kier molecular flexibility index (Phi) is 16.1. The van der Waals surface area contributed by atoms with Gasteiger partial charge in [0.05, 0.1) is 0 Å². The maximum Gasteiger partial charge on any atom is 0.303 e. The van der Waals surface area contributed by atoms with Crippen LogP contribution in [0, 0.1) is 0 Å². The first-order chi connectivity index (χ1) is 12.8. The summed E-state index contributed by atoms with van der Waals surface area (Å²) >= 11 is 0. The van der Waals surface area contributed by atoms with Crippen LogP contribution in [-0.2, 0) is 4.79 Å². The van der Waals surface area contributed by atoms with Crippen LogP contribution in [0.25, 0.3) is 0 Å². The monoisotopic (exact) mass is 367 g/mol. The van der Waals surface area contributed by atoms with E-state index in [0.717, 1.165) is 12.8 Å². The molecule has 1 N–H and O–H groups in total. The summed E-state index contributed by atoms with van der Waals surface area (Å²) in [6, 6.07) is 0. The third-order valence-electron chi connectivity index (χ3n) is 5.81. The van der Waals surface area contributed by atoms with Crippen molar-refractivity contribution in [1.82, 2.24) is 4.90 Å². The maximum absolute atomic E-state index is 10.4. The molecule has 26 heavy (non-hydrogen) atoms. The minimum Gasteiger partial charge on any atom is -0.481 e. The molecule has 0 aromatic rings. The lowest BCUT2D eigenvalue weighted by Gasteiger charge is -2.26. The number of carboxylic acids is 1. The van der Waals surface area contributed by atoms with Gasteiger partial charge < -0.3 is 10.0 Å². The van der Waals surface area contributed by atoms with Gasteiger partial charge >= 0.3 is 5.97 Å². The summed E-state index contributed by atoms with van der Waals surface area (Å²) in [6.45, 7) is 4.05. The highest BCUT2D eigenvalue weighted by atomic mass is 16.4. The van der Waals surface area contributed by atoms with Crippen LogP contribution in [0.3, 0.4) is 0 Å². The van der Waals surface area contributed by atoms with Crippen molar-refractivity contribution in [3.05, 3.63) is 0 Å². The molecule has 0 unspecified atom stereocenters. The average molecular weight is 368 g/mol. The van der Waals surface area contributed by atoms with E-state index in [4.69, 9.17) is 5.11 Å². The van der Waals surface area contributed by atoms with Crippen LogP contribution in [0.5, 0.6) is 0 Å². The van der Waals surface area contributed by atoms with Gasteiger partial charge in [-0.1, -0.05) is 89.9 Å². The van der Waals surface area contributed by atoms with Crippen molar-refractivity contribution in [2.24, 2.45) is 0 Å². The first kappa shape index (κ1) is 23.5. The largest absolute Gasteiger partial charge is 0.481 e. The molecule has 1 rings (SSSR count). The number of aliphatic carboxylic acids is 1. The second-order valence-corrected chi connectivity index (χ2v) is 8.35. The first-order valence-corrected chi connectivity index (χ1v) is 11.7. The zero-order valence-corrected chi connectivity index (χ0v) is 17.4. The Hall–Kier alpha value is -0.570. The van der Waals surface area contributed by atoms with E-state index in [1.807, 2.05) is 0 Å². The van der Waals surface area contributed by atoms with Crippen molar-refractivity contribution in [2.45, 2.75) is 122 Å². The van der Waals surface area contributed by atoms with Crippen LogP contribution in [0.2, 0.25) is 0 Å². The Morgan fingerprint density at radius 1 is 0.577 bits per heavy atom. The van der Waals surface area contributed by atoms with Crippen molar-refractivity contribution >= 4 is 5.97 Å². The fourth-order valence-electron chi connectivity index (χ4n) is 4.09. The van der Waals surface area contributed by atoms with Crippen LogP contribution < -0.4 is 0 Å². The summed E-state index contributed by atoms with van der Waals surface area (Å²) in [5, 5.41) is 8.58. The van der Waals surface area contributed by atoms with Crippen LogP contribution in [0.1, 0.15) is 122 Å². The fourth-order valence-corrected chi connectivity index (χ4v) is 4.09. The molecule has 0 atom stereocenters. The smallest absolute Gasteiger partial charge is 0.303 e. The molecule has 0 radical (unpaired) electrons. The van der Waals surface area contributed by atoms with Gasteiger partial charge in [-0.2, -0.15) is 0 Å². The van der Waals surface area contributed by atoms with E-state index >= 15 is 0 Å². The Bertz CT molecular complexity index is 313. The molecular weight excluding hydrogens is 322 g/mol. The average Bonchev–Trinajstić information content (AvgIpc) is 2.65. The minimum absolute atomic E-state index is 0.346. The molecule has 1 saturated heterocycles. The summed E-state index contributed by atoms with van der Waals surface area (Å²) < 4.78 is 0. The number of carboxylic acid groups (broad SMARTS) is 1. The lowest BCUT2D eigenvalue weighted by molar-refractivity contribution is -0.137. The maximum atomic E-state index is 10.4. The third kappa shape index (κ3) is 15.7. The standard InChI is InChI=1S/C23H45NO2/c25-23(26)19-15-12-10-8-6-4-2-1-3-5-7-9-11-13-16-20-24-21-17-14-18-22-24/h1-22H2,(H,25,26). The van der Waals surface area contributed by atoms with Crippen LogP contribution >= 0.6 is 0 Å². The van der Waals surface area contributed by atoms with Crippen molar-refractivity contribution in [2.75, 3.05) is 19.6 Å². The van der Waals surface area contributed by atoms with E-state index in [-0.39, 0.29) is 0 Å². The highest BCUT2D eigenvalue weighted by molar-refractivity contribution is 5.66. The number of likely N-dealkylation sites (tertiary alicyclic amines) is 1. The van der Waals surface area contributed by atoms with E-state index in [1.165, 1.54) is 122 Å². The van der Waals surface area contributed by atoms with E-state index in [0.29, 0.717) is 6.42 Å². The number of nitrogens with zero attached hydrogens (tertiary/aromatic N) is 1. The molecule has 1 fully saturated rings. The Morgan fingerprint density at radius 2 is 0.962 bits per heavy atom. The van der Waals surface area contributed by atoms with Crippen LogP contribution in [0.15, 0.2) is 0 Å². The van der Waals surface area contributed by atoms with Gasteiger partial charge in [-0.25, -0.2) is 0 Å². The molecule has 0 aromatic carbocycles. The molecular formula is C23H45NO2. The highest BCUT2D eigenvalue weighted by Gasteiger charge is 2.08. The number of carbonyl (C=O) groups is 1. The van der Waals surface area contributed by atoms with Crippen molar-refractivity contribution < 1.29 is 9.90 Å². The highest BCUT2D eigenvalue weighted by Crippen LogP contribution is 2.14. The number of hydrogen-bond donors (Lipinski definition) is 1. The molecule has 3 heteroatoms. The van der Waals surface area contributed by atoms with Gasteiger partial charge in [-0.3, -0.25) is 4.79 Å². The van der Waals surface area contributed by atoms with Crippen molar-refractivity contribution in [3.63, 3.8) is 0 Å². The Morgan fingerprint density at radius 3 is 1.38 bits per heavy atom. The normalized spacial score (nSPS) is 15.4. The molecule has 0 amide bonds. The van der Waals surface area contributed by atoms with Gasteiger partial charge in [0, 0.05) is 6.42 Å². The predicted octanol–water partition coefficient (Wildman–Crippen LogP) is 6.80. The molecule has 0 spiro atoms. The quantitative estimate of drug-likeness (QED) is 0.271. The molecule has 1 aliphatic rings. The zero-order chi connectivity index (χ0) is 18.7. The van der Waals surface area contributed by atoms with Crippen LogP contribution in [0.4, 0.5) is 0 Å². The van der Waals surface area contributed by atoms with E-state index < -0.39 is 5.97 Å². The molecule has 1 aliphatic heterocycles. The van der Waals surface area contributed by atoms with Crippen molar-refractivity contribution in [3.8, 4) is 0 Å². The Balaban J connectivity index is 1.66. The van der Waals surface area contributed by atoms with Crippen LogP contribution in [-0.4, -0.2) is 35.6 Å². The van der Waals surface area contributed by atoms with Gasteiger partial charge in [-0.05, 0) is 45.3 Å². The third-order valence-corrected chi connectivity index (χ3v) is 5.81. The molecule has 0 aromatic heterocycles. The number of unbranched alkanes of at least 4 members (excludes halogenated alkanes) is 14. The zero-order valence-electron chi connectivity index (χ0n) is 17.4. The molecule has 3 nitrogen and oxygen atoms in total. The second kappa shape index (κ2) is 17.8. The molecule has 0 saturated carbocycles. The predicted molar refractivity (Wildman–Crippen MR) is 112 cm³/mol. The topological polar surface area (TPSA) is 40.5 Å².